The molecule has 0 bridgehead atoms. The van der Waals surface area contributed by atoms with Gasteiger partial charge < -0.3 is 10.6 Å². The first-order chi connectivity index (χ1) is 8.15. The van der Waals surface area contributed by atoms with Gasteiger partial charge in [0.1, 0.15) is 5.82 Å². The first-order valence-electron chi connectivity index (χ1n) is 5.63. The van der Waals surface area contributed by atoms with E-state index in [2.05, 4.69) is 10.6 Å². The molecule has 0 aromatic heterocycles. The van der Waals surface area contributed by atoms with Gasteiger partial charge in [-0.15, -0.1) is 0 Å². The number of amides is 1. The third kappa shape index (κ3) is 3.89. The second-order valence-corrected chi connectivity index (χ2v) is 4.55. The molecule has 0 unspecified atom stereocenters. The van der Waals surface area contributed by atoms with Crippen LogP contribution in [0.25, 0.3) is 0 Å². The van der Waals surface area contributed by atoms with Crippen LogP contribution in [0.5, 0.6) is 0 Å². The molecule has 2 N–H and O–H groups in total. The molecular formula is C12H14ClFN2O. The largest absolute Gasteiger partial charge is 0.383 e. The summed E-state index contributed by atoms with van der Waals surface area (Å²) in [6.45, 7) is 0.490. The third-order valence-electron chi connectivity index (χ3n) is 2.54. The van der Waals surface area contributed by atoms with Gasteiger partial charge in [0.2, 0.25) is 5.91 Å². The predicted octanol–water partition coefficient (Wildman–Crippen LogP) is 2.56. The van der Waals surface area contributed by atoms with Gasteiger partial charge in [0.15, 0.2) is 0 Å². The van der Waals surface area contributed by atoms with Crippen molar-refractivity contribution in [3.05, 3.63) is 29.0 Å². The molecule has 0 spiro atoms. The Hall–Kier alpha value is -1.29. The summed E-state index contributed by atoms with van der Waals surface area (Å²) in [6, 6.07) is 4.53. The molecular weight excluding hydrogens is 243 g/mol. The van der Waals surface area contributed by atoms with E-state index >= 15 is 0 Å². The van der Waals surface area contributed by atoms with E-state index in [-0.39, 0.29) is 11.7 Å². The second kappa shape index (κ2) is 5.36. The highest BCUT2D eigenvalue weighted by molar-refractivity contribution is 6.33. The van der Waals surface area contributed by atoms with Crippen molar-refractivity contribution in [2.45, 2.75) is 25.3 Å². The molecule has 0 aliphatic heterocycles. The van der Waals surface area contributed by atoms with Crippen molar-refractivity contribution in [2.24, 2.45) is 0 Å². The molecule has 1 aliphatic carbocycles. The van der Waals surface area contributed by atoms with E-state index in [9.17, 15) is 9.18 Å². The Kier molecular flexibility index (Phi) is 3.84. The van der Waals surface area contributed by atoms with Gasteiger partial charge in [-0.25, -0.2) is 4.39 Å². The van der Waals surface area contributed by atoms with Crippen molar-refractivity contribution in [3.63, 3.8) is 0 Å². The van der Waals surface area contributed by atoms with E-state index in [4.69, 9.17) is 11.6 Å². The van der Waals surface area contributed by atoms with Gasteiger partial charge in [-0.05, 0) is 31.0 Å². The van der Waals surface area contributed by atoms with Crippen LogP contribution in [0.4, 0.5) is 10.1 Å². The summed E-state index contributed by atoms with van der Waals surface area (Å²) >= 11 is 5.84. The monoisotopic (exact) mass is 256 g/mol. The van der Waals surface area contributed by atoms with Crippen LogP contribution in [0.2, 0.25) is 5.02 Å². The fraction of sp³-hybridized carbons (Fsp3) is 0.417. The Morgan fingerprint density at radius 3 is 2.88 bits per heavy atom. The molecule has 1 fully saturated rings. The summed E-state index contributed by atoms with van der Waals surface area (Å²) < 4.78 is 12.8. The van der Waals surface area contributed by atoms with E-state index < -0.39 is 0 Å². The van der Waals surface area contributed by atoms with E-state index in [1.165, 1.54) is 12.1 Å². The van der Waals surface area contributed by atoms with Crippen LogP contribution < -0.4 is 10.6 Å². The zero-order valence-electron chi connectivity index (χ0n) is 9.30. The minimum absolute atomic E-state index is 0.0400. The van der Waals surface area contributed by atoms with Crippen LogP contribution in [0.3, 0.4) is 0 Å². The maximum atomic E-state index is 12.8. The van der Waals surface area contributed by atoms with Gasteiger partial charge in [-0.2, -0.15) is 0 Å². The maximum Gasteiger partial charge on any atom is 0.221 e. The number of rotatable bonds is 5. The number of benzene rings is 1. The number of carbonyl (C=O) groups excluding carboxylic acids is 1. The van der Waals surface area contributed by atoms with Crippen molar-refractivity contribution in [2.75, 3.05) is 11.9 Å². The Bertz CT molecular complexity index is 421. The highest BCUT2D eigenvalue weighted by Crippen LogP contribution is 2.22. The average molecular weight is 257 g/mol. The minimum Gasteiger partial charge on any atom is -0.383 e. The highest BCUT2D eigenvalue weighted by atomic mass is 35.5. The SMILES string of the molecule is O=C(CCNc1ccc(F)cc1Cl)NC1CC1. The number of hydrogen-bond donors (Lipinski definition) is 2. The van der Waals surface area contributed by atoms with Gasteiger partial charge in [0.25, 0.3) is 0 Å². The molecule has 2 rings (SSSR count). The van der Waals surface area contributed by atoms with Crippen LogP contribution in [0.1, 0.15) is 19.3 Å². The molecule has 1 aromatic rings. The van der Waals surface area contributed by atoms with Crippen LogP contribution in [-0.4, -0.2) is 18.5 Å². The lowest BCUT2D eigenvalue weighted by molar-refractivity contribution is -0.120. The molecule has 0 atom stereocenters. The molecule has 0 radical (unpaired) electrons. The molecule has 0 heterocycles. The molecule has 17 heavy (non-hydrogen) atoms. The summed E-state index contributed by atoms with van der Waals surface area (Å²) in [7, 11) is 0. The number of anilines is 1. The number of nitrogens with one attached hydrogen (secondary N) is 2. The number of halogens is 2. The molecule has 0 saturated heterocycles. The fourth-order valence-corrected chi connectivity index (χ4v) is 1.71. The standard InChI is InChI=1S/C12H14ClFN2O/c13-10-7-8(14)1-4-11(10)15-6-5-12(17)16-9-2-3-9/h1,4,7,9,15H,2-3,5-6H2,(H,16,17). The van der Waals surface area contributed by atoms with E-state index in [0.29, 0.717) is 29.7 Å². The maximum absolute atomic E-state index is 12.8. The molecule has 1 amide bonds. The van der Waals surface area contributed by atoms with Gasteiger partial charge in [-0.1, -0.05) is 11.6 Å². The zero-order chi connectivity index (χ0) is 12.3. The Balaban J connectivity index is 1.75. The number of hydrogen-bond acceptors (Lipinski definition) is 2. The quantitative estimate of drug-likeness (QED) is 0.850. The van der Waals surface area contributed by atoms with Crippen molar-refractivity contribution in [3.8, 4) is 0 Å². The van der Waals surface area contributed by atoms with Crippen LogP contribution in [0, 0.1) is 5.82 Å². The van der Waals surface area contributed by atoms with Gasteiger partial charge in [0.05, 0.1) is 10.7 Å². The minimum atomic E-state index is -0.368. The van der Waals surface area contributed by atoms with E-state index in [1.807, 2.05) is 0 Å². The molecule has 1 aromatic carbocycles. The first-order valence-corrected chi connectivity index (χ1v) is 6.01. The van der Waals surface area contributed by atoms with Crippen LogP contribution >= 0.6 is 11.6 Å². The molecule has 3 nitrogen and oxygen atoms in total. The summed E-state index contributed by atoms with van der Waals surface area (Å²) in [5, 5.41) is 6.22. The topological polar surface area (TPSA) is 41.1 Å². The first kappa shape index (κ1) is 12.2. The normalized spacial score (nSPS) is 14.5. The zero-order valence-corrected chi connectivity index (χ0v) is 10.1. The summed E-state index contributed by atoms with van der Waals surface area (Å²) in [5.74, 6) is -0.328. The van der Waals surface area contributed by atoms with E-state index in [0.717, 1.165) is 12.8 Å². The Morgan fingerprint density at radius 2 is 2.24 bits per heavy atom. The summed E-state index contributed by atoms with van der Waals surface area (Å²) in [6.07, 6.45) is 2.57. The summed E-state index contributed by atoms with van der Waals surface area (Å²) in [5.41, 5.74) is 0.646. The third-order valence-corrected chi connectivity index (χ3v) is 2.85. The second-order valence-electron chi connectivity index (χ2n) is 4.14. The molecule has 1 saturated carbocycles. The molecule has 92 valence electrons. The van der Waals surface area contributed by atoms with Gasteiger partial charge >= 0.3 is 0 Å². The lowest BCUT2D eigenvalue weighted by Crippen LogP contribution is -2.27. The van der Waals surface area contributed by atoms with Gasteiger partial charge in [0, 0.05) is 19.0 Å². The smallest absolute Gasteiger partial charge is 0.221 e. The van der Waals surface area contributed by atoms with Crippen LogP contribution in [-0.2, 0) is 4.79 Å². The van der Waals surface area contributed by atoms with Crippen molar-refractivity contribution >= 4 is 23.2 Å². The highest BCUT2D eigenvalue weighted by Gasteiger charge is 2.22. The lowest BCUT2D eigenvalue weighted by atomic mass is 10.3. The van der Waals surface area contributed by atoms with Gasteiger partial charge in [-0.3, -0.25) is 4.79 Å². The number of carbonyl (C=O) groups is 1. The van der Waals surface area contributed by atoms with Crippen molar-refractivity contribution in [1.82, 2.24) is 5.32 Å². The fourth-order valence-electron chi connectivity index (χ4n) is 1.47. The Labute approximate surface area is 104 Å². The predicted molar refractivity (Wildman–Crippen MR) is 65.7 cm³/mol. The lowest BCUT2D eigenvalue weighted by Gasteiger charge is -2.08. The molecule has 1 aliphatic rings. The average Bonchev–Trinajstić information content (AvgIpc) is 3.05. The van der Waals surface area contributed by atoms with E-state index in [1.54, 1.807) is 6.07 Å². The summed E-state index contributed by atoms with van der Waals surface area (Å²) in [4.78, 5) is 11.4. The van der Waals surface area contributed by atoms with Crippen LogP contribution in [0.15, 0.2) is 18.2 Å². The van der Waals surface area contributed by atoms with Crippen molar-refractivity contribution < 1.29 is 9.18 Å². The molecule has 5 heteroatoms. The van der Waals surface area contributed by atoms with Crippen molar-refractivity contribution in [1.29, 1.82) is 0 Å². The Morgan fingerprint density at radius 1 is 1.47 bits per heavy atom.